The summed E-state index contributed by atoms with van der Waals surface area (Å²) in [4.78, 5) is 5.43. The Labute approximate surface area is 165 Å². The molecule has 150 valence electrons. The number of benzene rings is 1. The van der Waals surface area contributed by atoms with Crippen LogP contribution in [-0.2, 0) is 0 Å². The van der Waals surface area contributed by atoms with E-state index in [1.54, 1.807) is 0 Å². The fourth-order valence-corrected chi connectivity index (χ4v) is 5.19. The Kier molecular flexibility index (Phi) is 5.74. The first-order valence-electron chi connectivity index (χ1n) is 11.0. The van der Waals surface area contributed by atoms with Crippen molar-refractivity contribution in [2.24, 2.45) is 11.8 Å². The van der Waals surface area contributed by atoms with Crippen molar-refractivity contribution in [1.29, 1.82) is 0 Å². The van der Waals surface area contributed by atoms with E-state index in [4.69, 9.17) is 5.73 Å². The van der Waals surface area contributed by atoms with Gasteiger partial charge in [0.05, 0.1) is 19.6 Å². The summed E-state index contributed by atoms with van der Waals surface area (Å²) in [5, 5.41) is 3.71. The van der Waals surface area contributed by atoms with Crippen molar-refractivity contribution in [2.45, 2.75) is 32.9 Å². The number of anilines is 1. The molecule has 0 radical (unpaired) electrons. The largest absolute Gasteiger partial charge is 0.399 e. The van der Waals surface area contributed by atoms with Gasteiger partial charge < -0.3 is 16.0 Å². The van der Waals surface area contributed by atoms with Crippen molar-refractivity contribution >= 4 is 11.4 Å². The number of nitrogen functional groups attached to an aromatic ring is 1. The summed E-state index contributed by atoms with van der Waals surface area (Å²) in [6.07, 6.45) is 3.37. The molecule has 2 saturated heterocycles. The fourth-order valence-electron chi connectivity index (χ4n) is 5.19. The number of nitrogens with two attached hydrogens (primary N) is 1. The molecular formula is C22H38N5+. The van der Waals surface area contributed by atoms with Crippen molar-refractivity contribution < 1.29 is 0 Å². The van der Waals surface area contributed by atoms with Gasteiger partial charge in [-0.1, -0.05) is 13.8 Å². The highest BCUT2D eigenvalue weighted by atomic mass is 15.5. The molecule has 3 aliphatic rings. The lowest BCUT2D eigenvalue weighted by molar-refractivity contribution is -0.00541. The summed E-state index contributed by atoms with van der Waals surface area (Å²) in [7, 11) is 0. The molecule has 1 aliphatic carbocycles. The van der Waals surface area contributed by atoms with Gasteiger partial charge in [-0.3, -0.25) is 9.38 Å². The van der Waals surface area contributed by atoms with Crippen LogP contribution in [0, 0.1) is 11.8 Å². The van der Waals surface area contributed by atoms with E-state index in [1.807, 2.05) is 0 Å². The van der Waals surface area contributed by atoms with Crippen LogP contribution in [0.1, 0.15) is 26.7 Å². The maximum absolute atomic E-state index is 6.01. The molecule has 0 amide bonds. The van der Waals surface area contributed by atoms with Gasteiger partial charge in [0.1, 0.15) is 5.69 Å². The summed E-state index contributed by atoms with van der Waals surface area (Å²) in [6.45, 7) is 15.4. The Bertz CT molecular complexity index is 604. The molecule has 4 rings (SSSR count). The fraction of sp³-hybridized carbons (Fsp3) is 0.727. The Morgan fingerprint density at radius 1 is 1.11 bits per heavy atom. The van der Waals surface area contributed by atoms with Crippen molar-refractivity contribution in [3.63, 3.8) is 0 Å². The lowest BCUT2D eigenvalue weighted by atomic mass is 10.1. The Balaban J connectivity index is 1.56. The van der Waals surface area contributed by atoms with Crippen molar-refractivity contribution in [2.75, 3.05) is 64.6 Å². The number of quaternary nitrogens is 1. The van der Waals surface area contributed by atoms with E-state index >= 15 is 0 Å². The highest BCUT2D eigenvalue weighted by Crippen LogP contribution is 2.39. The average Bonchev–Trinajstić information content (AvgIpc) is 3.47. The van der Waals surface area contributed by atoms with Gasteiger partial charge in [0.15, 0.2) is 6.17 Å². The second-order valence-electron chi connectivity index (χ2n) is 9.39. The SMILES string of the molecule is CC(C)CN1CCN(C2CNCC[N+]2(CC2CC2)c2ccc(N)cc2)CC1. The molecule has 0 aromatic heterocycles. The van der Waals surface area contributed by atoms with E-state index in [0.717, 1.165) is 35.1 Å². The number of hydrogen-bond donors (Lipinski definition) is 2. The number of nitrogens with zero attached hydrogens (tertiary/aromatic N) is 3. The van der Waals surface area contributed by atoms with Crippen molar-refractivity contribution in [3.05, 3.63) is 24.3 Å². The molecule has 1 aromatic carbocycles. The van der Waals surface area contributed by atoms with E-state index in [1.165, 1.54) is 64.3 Å². The zero-order valence-electron chi connectivity index (χ0n) is 17.2. The first-order chi connectivity index (χ1) is 13.1. The highest BCUT2D eigenvalue weighted by molar-refractivity contribution is 5.52. The summed E-state index contributed by atoms with van der Waals surface area (Å²) < 4.78 is 1.13. The van der Waals surface area contributed by atoms with Crippen LogP contribution in [0.5, 0.6) is 0 Å². The third kappa shape index (κ3) is 4.32. The number of rotatable bonds is 6. The van der Waals surface area contributed by atoms with Crippen LogP contribution in [0.25, 0.3) is 0 Å². The lowest BCUT2D eigenvalue weighted by Gasteiger charge is -2.53. The van der Waals surface area contributed by atoms with Gasteiger partial charge in [0.2, 0.25) is 0 Å². The molecule has 5 nitrogen and oxygen atoms in total. The monoisotopic (exact) mass is 372 g/mol. The molecule has 2 aliphatic heterocycles. The predicted octanol–water partition coefficient (Wildman–Crippen LogP) is 2.19. The van der Waals surface area contributed by atoms with Crippen LogP contribution in [-0.4, -0.2) is 74.9 Å². The minimum absolute atomic E-state index is 0.546. The summed E-state index contributed by atoms with van der Waals surface area (Å²) in [6, 6.07) is 8.79. The van der Waals surface area contributed by atoms with Crippen molar-refractivity contribution in [1.82, 2.24) is 19.6 Å². The topological polar surface area (TPSA) is 44.5 Å². The predicted molar refractivity (Wildman–Crippen MR) is 115 cm³/mol. The molecule has 5 heteroatoms. The Morgan fingerprint density at radius 3 is 2.44 bits per heavy atom. The normalized spacial score (nSPS) is 30.7. The van der Waals surface area contributed by atoms with E-state index in [0.29, 0.717) is 6.17 Å². The van der Waals surface area contributed by atoms with Crippen LogP contribution >= 0.6 is 0 Å². The van der Waals surface area contributed by atoms with Gasteiger partial charge >= 0.3 is 0 Å². The third-order valence-corrected chi connectivity index (χ3v) is 6.72. The quantitative estimate of drug-likeness (QED) is 0.593. The first-order valence-corrected chi connectivity index (χ1v) is 11.0. The molecule has 2 heterocycles. The Hall–Kier alpha value is -1.14. The van der Waals surface area contributed by atoms with Crippen LogP contribution in [0.3, 0.4) is 0 Å². The standard InChI is InChI=1S/C22H38N5/c1-18(2)16-25-10-12-26(13-11-25)22-15-24-9-14-27(22,17-19-3-4-19)21-7-5-20(23)6-8-21/h5-8,18-19,22,24H,3-4,9-17,23H2,1-2H3/q+1. The molecule has 1 saturated carbocycles. The molecule has 27 heavy (non-hydrogen) atoms. The van der Waals surface area contributed by atoms with Crippen LogP contribution < -0.4 is 15.5 Å². The van der Waals surface area contributed by atoms with Crippen molar-refractivity contribution in [3.8, 4) is 0 Å². The maximum Gasteiger partial charge on any atom is 0.163 e. The number of hydrogen-bond acceptors (Lipinski definition) is 4. The summed E-state index contributed by atoms with van der Waals surface area (Å²) in [5.41, 5.74) is 8.35. The molecule has 1 aromatic rings. The molecule has 0 spiro atoms. The number of piperazine rings is 2. The minimum Gasteiger partial charge on any atom is -0.399 e. The first kappa shape index (κ1) is 19.2. The zero-order valence-corrected chi connectivity index (χ0v) is 17.2. The van der Waals surface area contributed by atoms with Gasteiger partial charge in [0, 0.05) is 63.0 Å². The molecular weight excluding hydrogens is 334 g/mol. The van der Waals surface area contributed by atoms with E-state index in [9.17, 15) is 0 Å². The molecule has 3 fully saturated rings. The minimum atomic E-state index is 0.546. The van der Waals surface area contributed by atoms with E-state index < -0.39 is 0 Å². The summed E-state index contributed by atoms with van der Waals surface area (Å²) in [5.74, 6) is 1.66. The van der Waals surface area contributed by atoms with Gasteiger partial charge in [-0.15, -0.1) is 0 Å². The van der Waals surface area contributed by atoms with Crippen LogP contribution in [0.4, 0.5) is 11.4 Å². The van der Waals surface area contributed by atoms with Crippen LogP contribution in [0.2, 0.25) is 0 Å². The highest BCUT2D eigenvalue weighted by Gasteiger charge is 2.48. The van der Waals surface area contributed by atoms with Gasteiger partial charge in [-0.2, -0.15) is 0 Å². The van der Waals surface area contributed by atoms with Gasteiger partial charge in [-0.25, -0.2) is 0 Å². The maximum atomic E-state index is 6.01. The summed E-state index contributed by atoms with van der Waals surface area (Å²) >= 11 is 0. The Morgan fingerprint density at radius 2 is 1.81 bits per heavy atom. The lowest BCUT2D eigenvalue weighted by Crippen LogP contribution is -2.73. The number of nitrogens with one attached hydrogen (secondary N) is 1. The zero-order chi connectivity index (χ0) is 18.9. The van der Waals surface area contributed by atoms with Gasteiger partial charge in [-0.05, 0) is 30.9 Å². The second kappa shape index (κ2) is 8.08. The molecule has 3 N–H and O–H groups in total. The molecule has 0 bridgehead atoms. The van der Waals surface area contributed by atoms with Crippen LogP contribution in [0.15, 0.2) is 24.3 Å². The van der Waals surface area contributed by atoms with E-state index in [-0.39, 0.29) is 0 Å². The third-order valence-electron chi connectivity index (χ3n) is 6.72. The average molecular weight is 373 g/mol. The smallest absolute Gasteiger partial charge is 0.163 e. The second-order valence-corrected chi connectivity index (χ2v) is 9.39. The molecule has 2 unspecified atom stereocenters. The van der Waals surface area contributed by atoms with Gasteiger partial charge in [0.25, 0.3) is 0 Å². The molecule has 2 atom stereocenters. The van der Waals surface area contributed by atoms with E-state index in [2.05, 4.69) is 53.2 Å².